The van der Waals surface area contributed by atoms with E-state index in [9.17, 15) is 0 Å². The van der Waals surface area contributed by atoms with Crippen LogP contribution in [0.2, 0.25) is 0 Å². The molecule has 0 radical (unpaired) electrons. The smallest absolute Gasteiger partial charge is 0.159 e. The number of hydrazone groups is 2. The van der Waals surface area contributed by atoms with E-state index in [1.165, 1.54) is 0 Å². The molecule has 0 saturated heterocycles. The van der Waals surface area contributed by atoms with Gasteiger partial charge in [-0.05, 0) is 30.0 Å². The minimum Gasteiger partial charge on any atom is -0.310 e. The molecular weight excluding hydrogens is 372 g/mol. The van der Waals surface area contributed by atoms with Gasteiger partial charge in [0.05, 0.1) is 18.1 Å². The summed E-state index contributed by atoms with van der Waals surface area (Å²) in [6.45, 7) is 5.97. The Hall–Kier alpha value is -3.54. The van der Waals surface area contributed by atoms with Gasteiger partial charge in [0, 0.05) is 30.4 Å². The lowest BCUT2D eigenvalue weighted by Gasteiger charge is -2.05. The van der Waals surface area contributed by atoms with E-state index in [4.69, 9.17) is 4.98 Å². The maximum absolute atomic E-state index is 4.74. The quantitative estimate of drug-likeness (QED) is 0.299. The highest BCUT2D eigenvalue weighted by atomic mass is 15.3. The van der Waals surface area contributed by atoms with Gasteiger partial charge in [0.25, 0.3) is 0 Å². The number of nitrogens with one attached hydrogen (secondary N) is 2. The molecule has 2 N–H and O–H groups in total. The Kier molecular flexibility index (Phi) is 8.09. The number of hydrogen-bond donors (Lipinski definition) is 2. The minimum absolute atomic E-state index is 0.703. The highest BCUT2D eigenvalue weighted by Gasteiger charge is 2.05. The Bertz CT molecular complexity index is 885. The summed E-state index contributed by atoms with van der Waals surface area (Å²) < 4.78 is 0. The zero-order chi connectivity index (χ0) is 21.0. The first-order valence-corrected chi connectivity index (χ1v) is 10.4. The topological polar surface area (TPSA) is 74.6 Å². The third-order valence-electron chi connectivity index (χ3n) is 4.36. The predicted octanol–water partition coefficient (Wildman–Crippen LogP) is 4.48. The van der Waals surface area contributed by atoms with E-state index in [1.54, 1.807) is 6.20 Å². The Morgan fingerprint density at radius 3 is 1.80 bits per heavy atom. The van der Waals surface area contributed by atoms with Crippen LogP contribution in [0.3, 0.4) is 0 Å². The van der Waals surface area contributed by atoms with E-state index in [0.717, 1.165) is 53.9 Å². The highest BCUT2D eigenvalue weighted by Crippen LogP contribution is 2.21. The van der Waals surface area contributed by atoms with E-state index in [-0.39, 0.29) is 0 Å². The Balaban J connectivity index is 1.70. The first kappa shape index (κ1) is 21.2. The van der Waals surface area contributed by atoms with Crippen molar-refractivity contribution in [2.24, 2.45) is 10.2 Å². The summed E-state index contributed by atoms with van der Waals surface area (Å²) >= 11 is 0. The van der Waals surface area contributed by atoms with Gasteiger partial charge >= 0.3 is 0 Å². The molecule has 6 nitrogen and oxygen atoms in total. The van der Waals surface area contributed by atoms with Crippen molar-refractivity contribution in [1.82, 2.24) is 20.8 Å². The number of benzene rings is 2. The van der Waals surface area contributed by atoms with Gasteiger partial charge < -0.3 is 10.9 Å². The molecule has 0 atom stereocenters. The monoisotopic (exact) mass is 400 g/mol. The lowest BCUT2D eigenvalue weighted by molar-refractivity contribution is 0.719. The summed E-state index contributed by atoms with van der Waals surface area (Å²) in [6.07, 6.45) is 7.55. The predicted molar refractivity (Wildman–Crippen MR) is 125 cm³/mol. The second-order valence-corrected chi connectivity index (χ2v) is 6.84. The number of rotatable bonds is 10. The third-order valence-corrected chi connectivity index (χ3v) is 4.36. The molecule has 0 spiro atoms. The first-order valence-electron chi connectivity index (χ1n) is 10.4. The van der Waals surface area contributed by atoms with E-state index in [0.29, 0.717) is 5.82 Å². The van der Waals surface area contributed by atoms with Gasteiger partial charge in [-0.15, -0.1) is 0 Å². The van der Waals surface area contributed by atoms with Crippen LogP contribution < -0.4 is 10.9 Å². The summed E-state index contributed by atoms with van der Waals surface area (Å²) in [4.78, 5) is 9.18. The van der Waals surface area contributed by atoms with Gasteiger partial charge in [-0.3, -0.25) is 0 Å². The summed E-state index contributed by atoms with van der Waals surface area (Å²) in [5.74, 6) is 0.703. The summed E-state index contributed by atoms with van der Waals surface area (Å²) in [5.41, 5.74) is 11.0. The standard InChI is InChI=1S/C24H28N6/c1-3-14-26-28-17-19-5-9-21(10-6-19)23-13-16-25-24(30-23)22-11-7-20(8-12-22)18-29-27-15-4-2/h5-13,16-18,26-27H,3-4,14-15H2,1-2H3/b28-17+,29-18+. The summed E-state index contributed by atoms with van der Waals surface area (Å²) in [5, 5.41) is 8.41. The molecule has 0 aliphatic rings. The SMILES string of the molecule is CCCN/N=C/c1ccc(-c2ccnc(-c3ccc(/C=N/NCCC)cc3)n2)cc1. The van der Waals surface area contributed by atoms with Gasteiger partial charge in [-0.2, -0.15) is 10.2 Å². The van der Waals surface area contributed by atoms with E-state index in [1.807, 2.05) is 54.9 Å². The van der Waals surface area contributed by atoms with Crippen molar-refractivity contribution in [3.05, 3.63) is 71.9 Å². The van der Waals surface area contributed by atoms with Crippen LogP contribution in [0.4, 0.5) is 0 Å². The molecule has 30 heavy (non-hydrogen) atoms. The highest BCUT2D eigenvalue weighted by molar-refractivity contribution is 5.81. The largest absolute Gasteiger partial charge is 0.310 e. The zero-order valence-corrected chi connectivity index (χ0v) is 17.5. The molecule has 154 valence electrons. The lowest BCUT2D eigenvalue weighted by Crippen LogP contribution is -2.06. The fourth-order valence-electron chi connectivity index (χ4n) is 2.71. The molecule has 3 aromatic rings. The molecule has 0 amide bonds. The van der Waals surface area contributed by atoms with Crippen molar-refractivity contribution in [3.63, 3.8) is 0 Å². The van der Waals surface area contributed by atoms with Crippen molar-refractivity contribution in [1.29, 1.82) is 0 Å². The molecular formula is C24H28N6. The van der Waals surface area contributed by atoms with Crippen LogP contribution in [0.25, 0.3) is 22.6 Å². The van der Waals surface area contributed by atoms with Crippen molar-refractivity contribution >= 4 is 12.4 Å². The maximum Gasteiger partial charge on any atom is 0.159 e. The van der Waals surface area contributed by atoms with Crippen LogP contribution in [0.1, 0.15) is 37.8 Å². The molecule has 2 aromatic carbocycles. The average Bonchev–Trinajstić information content (AvgIpc) is 2.80. The average molecular weight is 401 g/mol. The van der Waals surface area contributed by atoms with Gasteiger partial charge in [-0.1, -0.05) is 62.4 Å². The molecule has 0 saturated carbocycles. The molecule has 0 aliphatic heterocycles. The number of nitrogens with zero attached hydrogens (tertiary/aromatic N) is 4. The summed E-state index contributed by atoms with van der Waals surface area (Å²) in [6, 6.07) is 18.2. The van der Waals surface area contributed by atoms with Crippen molar-refractivity contribution in [2.45, 2.75) is 26.7 Å². The van der Waals surface area contributed by atoms with Crippen LogP contribution in [0.5, 0.6) is 0 Å². The maximum atomic E-state index is 4.74. The number of hydrogen-bond acceptors (Lipinski definition) is 6. The van der Waals surface area contributed by atoms with Crippen LogP contribution in [-0.2, 0) is 0 Å². The van der Waals surface area contributed by atoms with Gasteiger partial charge in [-0.25, -0.2) is 9.97 Å². The molecule has 0 bridgehead atoms. The number of aromatic nitrogens is 2. The molecule has 0 fully saturated rings. The molecule has 0 aliphatic carbocycles. The van der Waals surface area contributed by atoms with E-state index < -0.39 is 0 Å². The zero-order valence-electron chi connectivity index (χ0n) is 17.5. The van der Waals surface area contributed by atoms with Crippen LogP contribution in [-0.4, -0.2) is 35.5 Å². The molecule has 3 rings (SSSR count). The normalized spacial score (nSPS) is 11.3. The molecule has 6 heteroatoms. The molecule has 1 heterocycles. The lowest BCUT2D eigenvalue weighted by atomic mass is 10.1. The van der Waals surface area contributed by atoms with Crippen molar-refractivity contribution < 1.29 is 0 Å². The molecule has 0 unspecified atom stereocenters. The third kappa shape index (κ3) is 6.24. The van der Waals surface area contributed by atoms with Crippen LogP contribution in [0.15, 0.2) is 71.0 Å². The van der Waals surface area contributed by atoms with Crippen molar-refractivity contribution in [2.75, 3.05) is 13.1 Å². The Morgan fingerprint density at radius 2 is 1.27 bits per heavy atom. The Morgan fingerprint density at radius 1 is 0.733 bits per heavy atom. The van der Waals surface area contributed by atoms with E-state index in [2.05, 4.69) is 52.0 Å². The fraction of sp³-hybridized carbons (Fsp3) is 0.250. The van der Waals surface area contributed by atoms with E-state index >= 15 is 0 Å². The van der Waals surface area contributed by atoms with Gasteiger partial charge in [0.15, 0.2) is 5.82 Å². The second-order valence-electron chi connectivity index (χ2n) is 6.84. The van der Waals surface area contributed by atoms with Crippen LogP contribution >= 0.6 is 0 Å². The van der Waals surface area contributed by atoms with Crippen molar-refractivity contribution in [3.8, 4) is 22.6 Å². The fourth-order valence-corrected chi connectivity index (χ4v) is 2.71. The van der Waals surface area contributed by atoms with Gasteiger partial charge in [0.2, 0.25) is 0 Å². The first-order chi connectivity index (χ1) is 14.8. The van der Waals surface area contributed by atoms with Crippen LogP contribution in [0, 0.1) is 0 Å². The molecule has 1 aromatic heterocycles. The Labute approximate surface area is 178 Å². The van der Waals surface area contributed by atoms with Gasteiger partial charge in [0.1, 0.15) is 0 Å². The minimum atomic E-state index is 0.703. The second kappa shape index (κ2) is 11.5. The summed E-state index contributed by atoms with van der Waals surface area (Å²) in [7, 11) is 0.